The fourth-order valence-electron chi connectivity index (χ4n) is 2.13. The summed E-state index contributed by atoms with van der Waals surface area (Å²) in [4.78, 5) is 4.70. The third-order valence-electron chi connectivity index (χ3n) is 3.18. The van der Waals surface area contributed by atoms with Gasteiger partial charge in [0.2, 0.25) is 0 Å². The molecule has 0 saturated carbocycles. The fraction of sp³-hybridized carbons (Fsp3) is 0.111. The molecule has 3 rings (SSSR count). The summed E-state index contributed by atoms with van der Waals surface area (Å²) >= 11 is 0. The van der Waals surface area contributed by atoms with Crippen LogP contribution in [0.5, 0.6) is 0 Å². The molecule has 0 N–H and O–H groups in total. The van der Waals surface area contributed by atoms with Gasteiger partial charge in [0.15, 0.2) is 11.6 Å². The van der Waals surface area contributed by atoms with E-state index in [4.69, 9.17) is 4.98 Å². The lowest BCUT2D eigenvalue weighted by Gasteiger charge is -1.99. The molecule has 3 heteroatoms. The summed E-state index contributed by atoms with van der Waals surface area (Å²) in [7, 11) is 0. The van der Waals surface area contributed by atoms with E-state index in [0.29, 0.717) is 0 Å². The Bertz CT molecular complexity index is 728. The normalized spacial score (nSPS) is 11.1. The van der Waals surface area contributed by atoms with Gasteiger partial charge in [0.25, 0.3) is 0 Å². The molecule has 0 aliphatic carbocycles. The number of allylic oxidation sites excluding steroid dienone is 1. The molecule has 0 spiro atoms. The van der Waals surface area contributed by atoms with Crippen molar-refractivity contribution in [2.75, 3.05) is 0 Å². The third-order valence-corrected chi connectivity index (χ3v) is 3.18. The molecular formula is C18H17N3. The topological polar surface area (TPSA) is 30.7 Å². The Labute approximate surface area is 124 Å². The Hall–Kier alpha value is -2.68. The molecule has 1 heterocycles. The third kappa shape index (κ3) is 2.92. The van der Waals surface area contributed by atoms with Gasteiger partial charge >= 0.3 is 0 Å². The molecule has 0 radical (unpaired) electrons. The van der Waals surface area contributed by atoms with Gasteiger partial charge in [-0.25, -0.2) is 9.67 Å². The SMILES string of the molecule is CC/C=C\n1nc(-c2ccccc2)nc1-c1ccccc1. The Morgan fingerprint density at radius 2 is 1.52 bits per heavy atom. The van der Waals surface area contributed by atoms with Crippen molar-refractivity contribution < 1.29 is 0 Å². The molecular weight excluding hydrogens is 258 g/mol. The Balaban J connectivity index is 2.10. The minimum Gasteiger partial charge on any atom is -0.220 e. The van der Waals surface area contributed by atoms with Gasteiger partial charge in [-0.05, 0) is 6.42 Å². The summed E-state index contributed by atoms with van der Waals surface area (Å²) in [6, 6.07) is 20.2. The van der Waals surface area contributed by atoms with Crippen LogP contribution in [0, 0.1) is 0 Å². The van der Waals surface area contributed by atoms with E-state index in [1.54, 1.807) is 0 Å². The largest absolute Gasteiger partial charge is 0.220 e. The van der Waals surface area contributed by atoms with Crippen molar-refractivity contribution >= 4 is 6.20 Å². The predicted octanol–water partition coefficient (Wildman–Crippen LogP) is 4.49. The van der Waals surface area contributed by atoms with Crippen LogP contribution in [0.25, 0.3) is 29.0 Å². The van der Waals surface area contributed by atoms with Crippen molar-refractivity contribution in [1.82, 2.24) is 14.8 Å². The van der Waals surface area contributed by atoms with Gasteiger partial charge in [0.1, 0.15) is 0 Å². The van der Waals surface area contributed by atoms with Gasteiger partial charge in [0.05, 0.1) is 0 Å². The van der Waals surface area contributed by atoms with Gasteiger partial charge in [-0.2, -0.15) is 0 Å². The van der Waals surface area contributed by atoms with E-state index in [-0.39, 0.29) is 0 Å². The maximum Gasteiger partial charge on any atom is 0.182 e. The number of rotatable bonds is 4. The highest BCUT2D eigenvalue weighted by atomic mass is 15.3. The molecule has 0 fully saturated rings. The van der Waals surface area contributed by atoms with Crippen molar-refractivity contribution in [2.45, 2.75) is 13.3 Å². The average Bonchev–Trinajstić information content (AvgIpc) is 2.99. The Kier molecular flexibility index (Phi) is 3.92. The second-order valence-corrected chi connectivity index (χ2v) is 4.73. The van der Waals surface area contributed by atoms with Crippen LogP contribution >= 0.6 is 0 Å². The summed E-state index contributed by atoms with van der Waals surface area (Å²) in [5, 5.41) is 4.61. The zero-order chi connectivity index (χ0) is 14.5. The van der Waals surface area contributed by atoms with E-state index in [1.165, 1.54) is 0 Å². The number of aromatic nitrogens is 3. The zero-order valence-electron chi connectivity index (χ0n) is 12.0. The number of nitrogens with zero attached hydrogens (tertiary/aromatic N) is 3. The van der Waals surface area contributed by atoms with Crippen LogP contribution in [-0.2, 0) is 0 Å². The van der Waals surface area contributed by atoms with Gasteiger partial charge in [-0.3, -0.25) is 0 Å². The average molecular weight is 275 g/mol. The summed E-state index contributed by atoms with van der Waals surface area (Å²) < 4.78 is 1.85. The lowest BCUT2D eigenvalue weighted by atomic mass is 10.2. The second kappa shape index (κ2) is 6.18. The highest BCUT2D eigenvalue weighted by Crippen LogP contribution is 2.22. The molecule has 0 aliphatic heterocycles. The lowest BCUT2D eigenvalue weighted by molar-refractivity contribution is 0.940. The quantitative estimate of drug-likeness (QED) is 0.702. The highest BCUT2D eigenvalue weighted by molar-refractivity contribution is 5.63. The van der Waals surface area contributed by atoms with Crippen LogP contribution in [0.2, 0.25) is 0 Å². The number of hydrogen-bond donors (Lipinski definition) is 0. The molecule has 2 aromatic carbocycles. The Morgan fingerprint density at radius 1 is 0.905 bits per heavy atom. The van der Waals surface area contributed by atoms with Crippen LogP contribution in [-0.4, -0.2) is 14.8 Å². The monoisotopic (exact) mass is 275 g/mol. The molecule has 0 saturated heterocycles. The first-order chi connectivity index (χ1) is 10.4. The molecule has 104 valence electrons. The first-order valence-electron chi connectivity index (χ1n) is 7.12. The molecule has 1 aromatic heterocycles. The molecule has 0 unspecified atom stereocenters. The van der Waals surface area contributed by atoms with Gasteiger partial charge in [0, 0.05) is 17.3 Å². The van der Waals surface area contributed by atoms with Crippen molar-refractivity contribution in [2.24, 2.45) is 0 Å². The standard InChI is InChI=1S/C18H17N3/c1-2-3-14-21-18(16-12-8-5-9-13-16)19-17(20-21)15-10-6-4-7-11-15/h3-14H,2H2,1H3/b14-3-. The van der Waals surface area contributed by atoms with Crippen LogP contribution in [0.15, 0.2) is 66.7 Å². The Morgan fingerprint density at radius 3 is 2.14 bits per heavy atom. The minimum atomic E-state index is 0.746. The van der Waals surface area contributed by atoms with Gasteiger partial charge in [-0.15, -0.1) is 5.10 Å². The highest BCUT2D eigenvalue weighted by Gasteiger charge is 2.11. The van der Waals surface area contributed by atoms with E-state index >= 15 is 0 Å². The molecule has 3 nitrogen and oxygen atoms in total. The summed E-state index contributed by atoms with van der Waals surface area (Å²) in [5.74, 6) is 1.61. The smallest absolute Gasteiger partial charge is 0.182 e. The maximum atomic E-state index is 4.70. The summed E-state index contributed by atoms with van der Waals surface area (Å²) in [5.41, 5.74) is 2.09. The van der Waals surface area contributed by atoms with Crippen LogP contribution in [0.4, 0.5) is 0 Å². The summed E-state index contributed by atoms with van der Waals surface area (Å²) in [6.07, 6.45) is 5.02. The fourth-order valence-corrected chi connectivity index (χ4v) is 2.13. The van der Waals surface area contributed by atoms with E-state index in [2.05, 4.69) is 30.2 Å². The first kappa shape index (κ1) is 13.3. The predicted molar refractivity (Wildman–Crippen MR) is 86.5 cm³/mol. The number of hydrogen-bond acceptors (Lipinski definition) is 2. The molecule has 0 bridgehead atoms. The van der Waals surface area contributed by atoms with Crippen LogP contribution in [0.3, 0.4) is 0 Å². The zero-order valence-corrected chi connectivity index (χ0v) is 12.0. The van der Waals surface area contributed by atoms with E-state index in [1.807, 2.05) is 59.4 Å². The van der Waals surface area contributed by atoms with E-state index in [0.717, 1.165) is 29.2 Å². The van der Waals surface area contributed by atoms with Crippen molar-refractivity contribution in [3.05, 3.63) is 66.7 Å². The molecule has 0 atom stereocenters. The van der Waals surface area contributed by atoms with E-state index in [9.17, 15) is 0 Å². The van der Waals surface area contributed by atoms with Gasteiger partial charge in [-0.1, -0.05) is 73.7 Å². The second-order valence-electron chi connectivity index (χ2n) is 4.73. The molecule has 3 aromatic rings. The maximum absolute atomic E-state index is 4.70. The summed E-state index contributed by atoms with van der Waals surface area (Å²) in [6.45, 7) is 2.10. The van der Waals surface area contributed by atoms with E-state index < -0.39 is 0 Å². The number of benzene rings is 2. The first-order valence-corrected chi connectivity index (χ1v) is 7.12. The lowest BCUT2D eigenvalue weighted by Crippen LogP contribution is -1.93. The van der Waals surface area contributed by atoms with Crippen LogP contribution in [0.1, 0.15) is 13.3 Å². The van der Waals surface area contributed by atoms with Crippen molar-refractivity contribution in [1.29, 1.82) is 0 Å². The molecule has 21 heavy (non-hydrogen) atoms. The van der Waals surface area contributed by atoms with Crippen molar-refractivity contribution in [3.8, 4) is 22.8 Å². The molecule has 0 aliphatic rings. The van der Waals surface area contributed by atoms with Crippen LogP contribution < -0.4 is 0 Å². The molecule has 0 amide bonds. The van der Waals surface area contributed by atoms with Crippen molar-refractivity contribution in [3.63, 3.8) is 0 Å². The minimum absolute atomic E-state index is 0.746. The van der Waals surface area contributed by atoms with Gasteiger partial charge < -0.3 is 0 Å².